The van der Waals surface area contributed by atoms with Crippen LogP contribution in [0.2, 0.25) is 0 Å². The summed E-state index contributed by atoms with van der Waals surface area (Å²) in [5.74, 6) is 0.932. The summed E-state index contributed by atoms with van der Waals surface area (Å²) >= 11 is 0. The van der Waals surface area contributed by atoms with E-state index in [2.05, 4.69) is 96.1 Å². The molecular weight excluding hydrogens is 316 g/mol. The van der Waals surface area contributed by atoms with Crippen molar-refractivity contribution in [3.8, 4) is 0 Å². The van der Waals surface area contributed by atoms with Crippen molar-refractivity contribution in [2.75, 3.05) is 13.7 Å². The first-order chi connectivity index (χ1) is 12.2. The topological polar surface area (TPSA) is 9.23 Å². The van der Waals surface area contributed by atoms with Crippen LogP contribution < -0.4 is 0 Å². The van der Waals surface area contributed by atoms with Crippen molar-refractivity contribution in [3.05, 3.63) is 71.3 Å². The van der Waals surface area contributed by atoms with Gasteiger partial charge >= 0.3 is 0 Å². The molecule has 0 spiro atoms. The second-order valence-corrected chi connectivity index (χ2v) is 9.04. The van der Waals surface area contributed by atoms with Gasteiger partial charge in [0, 0.05) is 19.1 Å². The van der Waals surface area contributed by atoms with Crippen LogP contribution >= 0.6 is 0 Å². The van der Waals surface area contributed by atoms with Crippen molar-refractivity contribution < 1.29 is 4.74 Å². The first kappa shape index (κ1) is 20.7. The van der Waals surface area contributed by atoms with Crippen LogP contribution in [0, 0.1) is 11.8 Å². The SMILES string of the molecule is COCC(C)C(Cc1ccccc1)(c1ccc(C(C)(C)C)cc1)C(C)C. The number of methoxy groups -OCH3 is 1. The van der Waals surface area contributed by atoms with Crippen LogP contribution in [-0.2, 0) is 22.0 Å². The van der Waals surface area contributed by atoms with E-state index in [1.807, 2.05) is 7.11 Å². The fraction of sp³-hybridized carbons (Fsp3) is 0.520. The number of benzene rings is 2. The highest BCUT2D eigenvalue weighted by Crippen LogP contribution is 2.43. The second-order valence-electron chi connectivity index (χ2n) is 9.04. The molecular formula is C25H36O. The van der Waals surface area contributed by atoms with Crippen LogP contribution in [0.15, 0.2) is 54.6 Å². The molecule has 26 heavy (non-hydrogen) atoms. The van der Waals surface area contributed by atoms with Gasteiger partial charge in [-0.2, -0.15) is 0 Å². The van der Waals surface area contributed by atoms with Crippen LogP contribution in [-0.4, -0.2) is 13.7 Å². The summed E-state index contributed by atoms with van der Waals surface area (Å²) in [6.07, 6.45) is 1.03. The lowest BCUT2D eigenvalue weighted by Gasteiger charge is -2.44. The number of ether oxygens (including phenoxy) is 1. The Kier molecular flexibility index (Phi) is 6.69. The normalized spacial score (nSPS) is 15.7. The molecule has 0 aliphatic rings. The lowest BCUT2D eigenvalue weighted by atomic mass is 9.61. The molecule has 2 unspecified atom stereocenters. The van der Waals surface area contributed by atoms with Gasteiger partial charge in [-0.15, -0.1) is 0 Å². The summed E-state index contributed by atoms with van der Waals surface area (Å²) in [7, 11) is 1.81. The minimum Gasteiger partial charge on any atom is -0.384 e. The van der Waals surface area contributed by atoms with Crippen LogP contribution in [0.3, 0.4) is 0 Å². The van der Waals surface area contributed by atoms with E-state index >= 15 is 0 Å². The summed E-state index contributed by atoms with van der Waals surface area (Å²) in [6.45, 7) is 14.6. The predicted molar refractivity (Wildman–Crippen MR) is 113 cm³/mol. The fourth-order valence-electron chi connectivity index (χ4n) is 4.28. The summed E-state index contributed by atoms with van der Waals surface area (Å²) in [4.78, 5) is 0. The minimum absolute atomic E-state index is 0.0494. The Morgan fingerprint density at radius 3 is 1.81 bits per heavy atom. The molecule has 0 aliphatic heterocycles. The molecule has 0 saturated carbocycles. The molecule has 0 bridgehead atoms. The van der Waals surface area contributed by atoms with E-state index in [1.54, 1.807) is 0 Å². The lowest BCUT2D eigenvalue weighted by Crippen LogP contribution is -2.43. The maximum absolute atomic E-state index is 5.60. The van der Waals surface area contributed by atoms with Gasteiger partial charge in [-0.1, -0.05) is 96.1 Å². The Bertz CT molecular complexity index is 664. The van der Waals surface area contributed by atoms with Crippen molar-refractivity contribution >= 4 is 0 Å². The summed E-state index contributed by atoms with van der Waals surface area (Å²) in [5, 5.41) is 0. The first-order valence-corrected chi connectivity index (χ1v) is 9.85. The summed E-state index contributed by atoms with van der Waals surface area (Å²) < 4.78 is 5.60. The summed E-state index contributed by atoms with van der Waals surface area (Å²) in [5.41, 5.74) is 4.43. The smallest absolute Gasteiger partial charge is 0.0496 e. The second kappa shape index (κ2) is 8.39. The fourth-order valence-corrected chi connectivity index (χ4v) is 4.28. The Hall–Kier alpha value is -1.60. The molecule has 0 saturated heterocycles. The molecule has 0 amide bonds. The van der Waals surface area contributed by atoms with Crippen molar-refractivity contribution in [3.63, 3.8) is 0 Å². The average Bonchev–Trinajstić information content (AvgIpc) is 2.60. The zero-order chi connectivity index (χ0) is 19.4. The van der Waals surface area contributed by atoms with Gasteiger partial charge in [0.2, 0.25) is 0 Å². The van der Waals surface area contributed by atoms with Gasteiger partial charge in [-0.05, 0) is 40.4 Å². The average molecular weight is 353 g/mol. The van der Waals surface area contributed by atoms with E-state index in [-0.39, 0.29) is 10.8 Å². The molecule has 0 N–H and O–H groups in total. The van der Waals surface area contributed by atoms with E-state index in [4.69, 9.17) is 4.74 Å². The number of hydrogen-bond donors (Lipinski definition) is 0. The van der Waals surface area contributed by atoms with Crippen molar-refractivity contribution in [1.29, 1.82) is 0 Å². The minimum atomic E-state index is 0.0494. The van der Waals surface area contributed by atoms with Gasteiger partial charge in [-0.25, -0.2) is 0 Å². The standard InChI is InChI=1S/C25H36O/c1-19(2)25(20(3)18-26-7,17-21-11-9-8-10-12-21)23-15-13-22(14-16-23)24(4,5)6/h8-16,19-20H,17-18H2,1-7H3. The molecule has 2 aromatic carbocycles. The highest BCUT2D eigenvalue weighted by Gasteiger charge is 2.41. The number of hydrogen-bond acceptors (Lipinski definition) is 1. The molecule has 142 valence electrons. The zero-order valence-corrected chi connectivity index (χ0v) is 17.7. The molecule has 0 fully saturated rings. The van der Waals surface area contributed by atoms with E-state index < -0.39 is 0 Å². The van der Waals surface area contributed by atoms with Gasteiger partial charge in [0.15, 0.2) is 0 Å². The summed E-state index contributed by atoms with van der Waals surface area (Å²) in [6, 6.07) is 20.2. The monoisotopic (exact) mass is 352 g/mol. The largest absolute Gasteiger partial charge is 0.384 e. The quantitative estimate of drug-likeness (QED) is 0.560. The third kappa shape index (κ3) is 4.38. The maximum Gasteiger partial charge on any atom is 0.0496 e. The highest BCUT2D eigenvalue weighted by molar-refractivity contribution is 5.35. The van der Waals surface area contributed by atoms with Gasteiger partial charge < -0.3 is 4.74 Å². The van der Waals surface area contributed by atoms with Crippen molar-refractivity contribution in [2.24, 2.45) is 11.8 Å². The number of rotatable bonds is 7. The van der Waals surface area contributed by atoms with Crippen LogP contribution in [0.25, 0.3) is 0 Å². The predicted octanol–water partition coefficient (Wildman–Crippen LogP) is 6.40. The maximum atomic E-state index is 5.60. The van der Waals surface area contributed by atoms with Gasteiger partial charge in [-0.3, -0.25) is 0 Å². The van der Waals surface area contributed by atoms with E-state index in [0.717, 1.165) is 13.0 Å². The van der Waals surface area contributed by atoms with Crippen LogP contribution in [0.4, 0.5) is 0 Å². The third-order valence-corrected chi connectivity index (χ3v) is 5.95. The molecule has 1 nitrogen and oxygen atoms in total. The van der Waals surface area contributed by atoms with E-state index in [0.29, 0.717) is 11.8 Å². The van der Waals surface area contributed by atoms with Gasteiger partial charge in [0.25, 0.3) is 0 Å². The van der Waals surface area contributed by atoms with E-state index in [1.165, 1.54) is 16.7 Å². The molecule has 2 rings (SSSR count). The first-order valence-electron chi connectivity index (χ1n) is 9.85. The Morgan fingerprint density at radius 1 is 0.808 bits per heavy atom. The van der Waals surface area contributed by atoms with Gasteiger partial charge in [0.05, 0.1) is 0 Å². The molecule has 0 heterocycles. The van der Waals surface area contributed by atoms with Crippen LogP contribution in [0.1, 0.15) is 58.2 Å². The van der Waals surface area contributed by atoms with E-state index in [9.17, 15) is 0 Å². The molecule has 0 aromatic heterocycles. The zero-order valence-electron chi connectivity index (χ0n) is 17.7. The molecule has 2 atom stereocenters. The van der Waals surface area contributed by atoms with Gasteiger partial charge in [0.1, 0.15) is 0 Å². The Labute approximate surface area is 160 Å². The van der Waals surface area contributed by atoms with Crippen LogP contribution in [0.5, 0.6) is 0 Å². The lowest BCUT2D eigenvalue weighted by molar-refractivity contribution is 0.0880. The molecule has 0 radical (unpaired) electrons. The Balaban J connectivity index is 2.54. The third-order valence-electron chi connectivity index (χ3n) is 5.95. The molecule has 1 heteroatoms. The van der Waals surface area contributed by atoms with Crippen molar-refractivity contribution in [1.82, 2.24) is 0 Å². The highest BCUT2D eigenvalue weighted by atomic mass is 16.5. The molecule has 0 aliphatic carbocycles. The molecule has 2 aromatic rings. The Morgan fingerprint density at radius 2 is 1.35 bits per heavy atom. The van der Waals surface area contributed by atoms with Crippen molar-refractivity contribution in [2.45, 2.75) is 58.8 Å².